The molecule has 6 aromatic rings. The number of carboxylic acids is 1. The fraction of sp³-hybridized carbons (Fsp3) is 0.195. The maximum Gasteiger partial charge on any atom is 0.490 e. The first-order valence-electron chi connectivity index (χ1n) is 16.4. The van der Waals surface area contributed by atoms with Crippen LogP contribution < -0.4 is 0 Å². The van der Waals surface area contributed by atoms with Crippen molar-refractivity contribution >= 4 is 40.1 Å². The van der Waals surface area contributed by atoms with Crippen LogP contribution >= 0.6 is 23.2 Å². The SMILES string of the molecule is Clc1cccc(Cl)c1C1CCN(Cc2c(-c3ccccc3)n(Cc3ccc(-c4ccccc4)cc3)c3ccccc23)CC1.O=C(O)C(F)(F)F. The van der Waals surface area contributed by atoms with Crippen LogP contribution in [0.15, 0.2) is 127 Å². The number of hydrogen-bond donors (Lipinski definition) is 1. The van der Waals surface area contributed by atoms with E-state index in [9.17, 15) is 13.2 Å². The summed E-state index contributed by atoms with van der Waals surface area (Å²) in [5.74, 6) is -2.36. The van der Waals surface area contributed by atoms with Gasteiger partial charge < -0.3 is 9.67 Å². The molecule has 0 atom stereocenters. The lowest BCUT2D eigenvalue weighted by Gasteiger charge is -2.33. The van der Waals surface area contributed by atoms with Gasteiger partial charge in [0.05, 0.1) is 5.69 Å². The largest absolute Gasteiger partial charge is 0.490 e. The van der Waals surface area contributed by atoms with Crippen LogP contribution in [0.2, 0.25) is 10.0 Å². The number of piperidine rings is 1. The zero-order chi connectivity index (χ0) is 35.3. The highest BCUT2D eigenvalue weighted by atomic mass is 35.5. The molecule has 0 aliphatic carbocycles. The van der Waals surface area contributed by atoms with Gasteiger partial charge in [-0.25, -0.2) is 4.79 Å². The van der Waals surface area contributed by atoms with Gasteiger partial charge in [0.25, 0.3) is 0 Å². The highest BCUT2D eigenvalue weighted by molar-refractivity contribution is 6.36. The second-order valence-electron chi connectivity index (χ2n) is 12.3. The predicted molar refractivity (Wildman–Crippen MR) is 196 cm³/mol. The number of aliphatic carboxylic acids is 1. The molecule has 1 saturated heterocycles. The van der Waals surface area contributed by atoms with Crippen LogP contribution in [0.5, 0.6) is 0 Å². The van der Waals surface area contributed by atoms with Crippen molar-refractivity contribution in [3.63, 3.8) is 0 Å². The van der Waals surface area contributed by atoms with E-state index in [0.29, 0.717) is 5.92 Å². The molecule has 0 amide bonds. The van der Waals surface area contributed by atoms with E-state index in [1.165, 1.54) is 44.4 Å². The number of fused-ring (bicyclic) bond motifs is 1. The number of alkyl halides is 3. The van der Waals surface area contributed by atoms with E-state index in [2.05, 4.69) is 119 Å². The first kappa shape index (κ1) is 35.3. The molecule has 5 aromatic carbocycles. The molecule has 1 aliphatic rings. The Hall–Kier alpha value is -4.56. The van der Waals surface area contributed by atoms with Crippen LogP contribution in [-0.4, -0.2) is 39.8 Å². The smallest absolute Gasteiger partial charge is 0.475 e. The van der Waals surface area contributed by atoms with E-state index < -0.39 is 12.1 Å². The Morgan fingerprint density at radius 2 is 1.20 bits per heavy atom. The number of nitrogens with zero attached hydrogens (tertiary/aromatic N) is 2. The summed E-state index contributed by atoms with van der Waals surface area (Å²) in [7, 11) is 0. The summed E-state index contributed by atoms with van der Waals surface area (Å²) in [4.78, 5) is 11.5. The molecule has 1 aromatic heterocycles. The molecule has 9 heteroatoms. The van der Waals surface area contributed by atoms with E-state index in [4.69, 9.17) is 33.1 Å². The van der Waals surface area contributed by atoms with Crippen molar-refractivity contribution in [2.45, 2.75) is 38.0 Å². The molecule has 1 N–H and O–H groups in total. The van der Waals surface area contributed by atoms with Gasteiger partial charge in [-0.05, 0) is 83.4 Å². The maximum absolute atomic E-state index is 10.6. The summed E-state index contributed by atoms with van der Waals surface area (Å²) in [6.07, 6.45) is -2.98. The third-order valence-corrected chi connectivity index (χ3v) is 9.80. The minimum atomic E-state index is -5.08. The van der Waals surface area contributed by atoms with Crippen LogP contribution in [-0.2, 0) is 17.9 Å². The molecule has 1 fully saturated rings. The molecule has 50 heavy (non-hydrogen) atoms. The van der Waals surface area contributed by atoms with Crippen molar-refractivity contribution in [2.24, 2.45) is 0 Å². The normalized spacial score (nSPS) is 13.9. The Bertz CT molecular complexity index is 2040. The number of carboxylic acid groups (broad SMARTS) is 1. The molecule has 4 nitrogen and oxygen atoms in total. The van der Waals surface area contributed by atoms with Gasteiger partial charge >= 0.3 is 12.1 Å². The van der Waals surface area contributed by atoms with Crippen molar-refractivity contribution in [3.8, 4) is 22.4 Å². The number of likely N-dealkylation sites (tertiary alicyclic amines) is 1. The van der Waals surface area contributed by atoms with Gasteiger partial charge in [0.15, 0.2) is 0 Å². The van der Waals surface area contributed by atoms with E-state index >= 15 is 0 Å². The summed E-state index contributed by atoms with van der Waals surface area (Å²) >= 11 is 13.2. The lowest BCUT2D eigenvalue weighted by atomic mass is 9.89. The Labute approximate surface area is 299 Å². The van der Waals surface area contributed by atoms with Crippen LogP contribution in [0.1, 0.15) is 35.4 Å². The summed E-state index contributed by atoms with van der Waals surface area (Å²) in [5.41, 5.74) is 10.1. The van der Waals surface area contributed by atoms with Gasteiger partial charge in [-0.2, -0.15) is 13.2 Å². The monoisotopic (exact) mass is 714 g/mol. The van der Waals surface area contributed by atoms with Gasteiger partial charge in [0.2, 0.25) is 0 Å². The lowest BCUT2D eigenvalue weighted by Crippen LogP contribution is -2.32. The molecule has 0 bridgehead atoms. The molecular weight excluding hydrogens is 680 g/mol. The van der Waals surface area contributed by atoms with Crippen LogP contribution in [0.25, 0.3) is 33.3 Å². The van der Waals surface area contributed by atoms with Crippen LogP contribution in [0.4, 0.5) is 13.2 Å². The fourth-order valence-corrected chi connectivity index (χ4v) is 7.45. The van der Waals surface area contributed by atoms with E-state index in [1.807, 2.05) is 18.2 Å². The standard InChI is InChI=1S/C39H34Cl2N2.C2HF3O2/c40-35-15-9-16-36(41)38(35)31-22-24-42(25-23-31)27-34-33-14-7-8-17-37(33)43(39(34)32-12-5-2-6-13-32)26-28-18-20-30(21-19-28)29-10-3-1-4-11-29;3-2(4,5)1(6)7/h1-21,31H,22-27H2;(H,6,7). The average Bonchev–Trinajstić information content (AvgIpc) is 3.42. The molecular formula is C41H35Cl2F3N2O2. The Kier molecular flexibility index (Phi) is 11.0. The van der Waals surface area contributed by atoms with Crippen molar-refractivity contribution in [1.29, 1.82) is 0 Å². The van der Waals surface area contributed by atoms with Gasteiger partial charge in [-0.3, -0.25) is 4.90 Å². The molecule has 256 valence electrons. The number of carbonyl (C=O) groups is 1. The molecule has 7 rings (SSSR count). The van der Waals surface area contributed by atoms with Gasteiger partial charge in [-0.1, -0.05) is 132 Å². The van der Waals surface area contributed by atoms with Crippen molar-refractivity contribution in [3.05, 3.63) is 154 Å². The second kappa shape index (κ2) is 15.5. The number of aromatic nitrogens is 1. The van der Waals surface area contributed by atoms with Crippen molar-refractivity contribution < 1.29 is 23.1 Å². The number of hydrogen-bond acceptors (Lipinski definition) is 2. The lowest BCUT2D eigenvalue weighted by molar-refractivity contribution is -0.192. The maximum atomic E-state index is 10.6. The Morgan fingerprint density at radius 3 is 1.78 bits per heavy atom. The van der Waals surface area contributed by atoms with E-state index in [0.717, 1.165) is 54.6 Å². The average molecular weight is 716 g/mol. The first-order valence-corrected chi connectivity index (χ1v) is 17.1. The van der Waals surface area contributed by atoms with E-state index in [1.54, 1.807) is 0 Å². The highest BCUT2D eigenvalue weighted by Crippen LogP contribution is 2.40. The number of benzene rings is 5. The topological polar surface area (TPSA) is 45.5 Å². The minimum absolute atomic E-state index is 0.395. The molecule has 1 aliphatic heterocycles. The zero-order valence-corrected chi connectivity index (χ0v) is 28.6. The van der Waals surface area contributed by atoms with Crippen LogP contribution in [0.3, 0.4) is 0 Å². The second-order valence-corrected chi connectivity index (χ2v) is 13.2. The van der Waals surface area contributed by atoms with Crippen molar-refractivity contribution in [2.75, 3.05) is 13.1 Å². The van der Waals surface area contributed by atoms with E-state index in [-0.39, 0.29) is 0 Å². The Balaban J connectivity index is 0.000000561. The van der Waals surface area contributed by atoms with Gasteiger partial charge in [-0.15, -0.1) is 0 Å². The van der Waals surface area contributed by atoms with Gasteiger partial charge in [0.1, 0.15) is 0 Å². The summed E-state index contributed by atoms with van der Waals surface area (Å²) < 4.78 is 34.3. The molecule has 0 spiro atoms. The molecule has 0 saturated carbocycles. The summed E-state index contributed by atoms with van der Waals surface area (Å²) in [6.45, 7) is 3.75. The molecule has 2 heterocycles. The predicted octanol–water partition coefficient (Wildman–Crippen LogP) is 11.3. The first-order chi connectivity index (χ1) is 24.1. The third kappa shape index (κ3) is 8.07. The Morgan fingerprint density at radius 1 is 0.680 bits per heavy atom. The minimum Gasteiger partial charge on any atom is -0.475 e. The number of halogens is 5. The highest BCUT2D eigenvalue weighted by Gasteiger charge is 2.38. The third-order valence-electron chi connectivity index (χ3n) is 9.14. The van der Waals surface area contributed by atoms with Gasteiger partial charge in [0, 0.05) is 34.0 Å². The molecule has 0 unspecified atom stereocenters. The molecule has 0 radical (unpaired) electrons. The zero-order valence-electron chi connectivity index (χ0n) is 27.1. The summed E-state index contributed by atoms with van der Waals surface area (Å²) in [6, 6.07) is 45.3. The number of para-hydroxylation sites is 1. The summed E-state index contributed by atoms with van der Waals surface area (Å²) in [5, 5.41) is 10.0. The van der Waals surface area contributed by atoms with Crippen molar-refractivity contribution in [1.82, 2.24) is 9.47 Å². The van der Waals surface area contributed by atoms with Crippen LogP contribution in [0, 0.1) is 0 Å². The fourth-order valence-electron chi connectivity index (χ4n) is 6.75. The number of rotatable bonds is 7. The quantitative estimate of drug-likeness (QED) is 0.179.